The van der Waals surface area contributed by atoms with Crippen molar-refractivity contribution in [1.29, 1.82) is 0 Å². The predicted molar refractivity (Wildman–Crippen MR) is 97.5 cm³/mol. The van der Waals surface area contributed by atoms with Crippen molar-refractivity contribution in [1.82, 2.24) is 4.98 Å². The fraction of sp³-hybridized carbons (Fsp3) is 0.158. The highest BCUT2D eigenvalue weighted by Gasteiger charge is 2.30. The smallest absolute Gasteiger partial charge is 0.416 e. The number of alkyl halides is 3. The van der Waals surface area contributed by atoms with Crippen LogP contribution >= 0.6 is 11.3 Å². The van der Waals surface area contributed by atoms with Crippen molar-refractivity contribution in [3.8, 4) is 16.3 Å². The normalized spacial score (nSPS) is 11.9. The maximum atomic E-state index is 12.7. The van der Waals surface area contributed by atoms with Gasteiger partial charge in [0.25, 0.3) is 0 Å². The summed E-state index contributed by atoms with van der Waals surface area (Å²) in [6.45, 7) is 1.82. The molecule has 0 aliphatic heterocycles. The summed E-state index contributed by atoms with van der Waals surface area (Å²) in [7, 11) is 1.60. The predicted octanol–water partition coefficient (Wildman–Crippen LogP) is 5.90. The number of nitrogens with zero attached hydrogens (tertiary/aromatic N) is 2. The average molecular weight is 376 g/mol. The molecule has 3 aromatic rings. The van der Waals surface area contributed by atoms with Crippen LogP contribution in [0.15, 0.2) is 53.5 Å². The first-order valence-corrected chi connectivity index (χ1v) is 8.51. The zero-order valence-electron chi connectivity index (χ0n) is 14.0. The molecule has 0 bridgehead atoms. The molecule has 0 saturated carbocycles. The Morgan fingerprint density at radius 2 is 1.85 bits per heavy atom. The lowest BCUT2D eigenvalue weighted by Crippen LogP contribution is -2.03. The van der Waals surface area contributed by atoms with Crippen LogP contribution < -0.4 is 4.74 Å². The molecule has 2 aromatic carbocycles. The average Bonchev–Trinajstić information content (AvgIpc) is 3.00. The Bertz CT molecular complexity index is 931. The number of methoxy groups -OCH3 is 1. The minimum absolute atomic E-state index is 0.633. The molecule has 0 saturated heterocycles. The first-order valence-electron chi connectivity index (χ1n) is 7.70. The van der Waals surface area contributed by atoms with E-state index in [2.05, 4.69) is 9.98 Å². The fourth-order valence-electron chi connectivity index (χ4n) is 2.29. The Morgan fingerprint density at radius 1 is 1.12 bits per heavy atom. The van der Waals surface area contributed by atoms with Gasteiger partial charge in [0.15, 0.2) is 0 Å². The number of aromatic nitrogens is 1. The third kappa shape index (κ3) is 4.11. The standard InChI is InChI=1S/C19H15F3N2OS/c1-12-17(23-11-13-4-3-5-16(10-13)25-2)26-18(24-12)14-6-8-15(9-7-14)19(20,21)22/h3-11H,1-2H3. The van der Waals surface area contributed by atoms with Crippen LogP contribution in [0.3, 0.4) is 0 Å². The highest BCUT2D eigenvalue weighted by atomic mass is 32.1. The van der Waals surface area contributed by atoms with Gasteiger partial charge >= 0.3 is 6.18 Å². The molecule has 1 heterocycles. The second kappa shape index (κ2) is 7.29. The number of halogens is 3. The monoisotopic (exact) mass is 376 g/mol. The molecule has 3 rings (SSSR count). The van der Waals surface area contributed by atoms with E-state index in [0.717, 1.165) is 29.1 Å². The molecule has 0 N–H and O–H groups in total. The molecule has 0 aliphatic carbocycles. The molecule has 0 unspecified atom stereocenters. The Kier molecular flexibility index (Phi) is 5.08. The summed E-state index contributed by atoms with van der Waals surface area (Å²) in [6, 6.07) is 12.4. The van der Waals surface area contributed by atoms with E-state index in [1.807, 2.05) is 31.2 Å². The van der Waals surface area contributed by atoms with Crippen LogP contribution in [-0.2, 0) is 6.18 Å². The quantitative estimate of drug-likeness (QED) is 0.532. The maximum absolute atomic E-state index is 12.7. The minimum Gasteiger partial charge on any atom is -0.497 e. The summed E-state index contributed by atoms with van der Waals surface area (Å²) >= 11 is 1.33. The van der Waals surface area contributed by atoms with Crippen LogP contribution in [0.25, 0.3) is 10.6 Å². The molecule has 0 spiro atoms. The van der Waals surface area contributed by atoms with Gasteiger partial charge in [0, 0.05) is 11.8 Å². The van der Waals surface area contributed by atoms with Crippen molar-refractivity contribution in [3.63, 3.8) is 0 Å². The number of aliphatic imine (C=N–C) groups is 1. The topological polar surface area (TPSA) is 34.5 Å². The molecule has 0 amide bonds. The van der Waals surface area contributed by atoms with E-state index in [0.29, 0.717) is 15.6 Å². The molecule has 0 radical (unpaired) electrons. The van der Waals surface area contributed by atoms with Crippen molar-refractivity contribution in [2.24, 2.45) is 4.99 Å². The van der Waals surface area contributed by atoms with Crippen LogP contribution in [0.1, 0.15) is 16.8 Å². The summed E-state index contributed by atoms with van der Waals surface area (Å²) in [6.07, 6.45) is -2.64. The molecule has 0 atom stereocenters. The second-order valence-electron chi connectivity index (χ2n) is 5.52. The number of benzene rings is 2. The van der Waals surface area contributed by atoms with Gasteiger partial charge in [-0.05, 0) is 36.8 Å². The van der Waals surface area contributed by atoms with Crippen molar-refractivity contribution < 1.29 is 17.9 Å². The lowest BCUT2D eigenvalue weighted by molar-refractivity contribution is -0.137. The van der Waals surface area contributed by atoms with Gasteiger partial charge in [-0.25, -0.2) is 9.98 Å². The van der Waals surface area contributed by atoms with Crippen LogP contribution in [-0.4, -0.2) is 18.3 Å². The van der Waals surface area contributed by atoms with Crippen LogP contribution in [0.4, 0.5) is 18.2 Å². The van der Waals surface area contributed by atoms with Gasteiger partial charge in [-0.15, -0.1) is 0 Å². The summed E-state index contributed by atoms with van der Waals surface area (Å²) in [5.41, 5.74) is 1.57. The second-order valence-corrected chi connectivity index (χ2v) is 6.50. The van der Waals surface area contributed by atoms with E-state index < -0.39 is 11.7 Å². The zero-order chi connectivity index (χ0) is 18.7. The lowest BCUT2D eigenvalue weighted by atomic mass is 10.1. The van der Waals surface area contributed by atoms with Crippen molar-refractivity contribution >= 4 is 22.6 Å². The number of hydrogen-bond acceptors (Lipinski definition) is 4. The van der Waals surface area contributed by atoms with Gasteiger partial charge in [-0.1, -0.05) is 35.6 Å². The number of aryl methyl sites for hydroxylation is 1. The number of ether oxygens (including phenoxy) is 1. The SMILES string of the molecule is COc1cccc(C=Nc2sc(-c3ccc(C(F)(F)F)cc3)nc2C)c1. The summed E-state index contributed by atoms with van der Waals surface area (Å²) in [4.78, 5) is 8.87. The van der Waals surface area contributed by atoms with Crippen LogP contribution in [0, 0.1) is 6.92 Å². The summed E-state index contributed by atoms with van der Waals surface area (Å²) < 4.78 is 43.2. The van der Waals surface area contributed by atoms with E-state index in [4.69, 9.17) is 4.74 Å². The van der Waals surface area contributed by atoms with Gasteiger partial charge < -0.3 is 4.74 Å². The molecule has 1 aromatic heterocycles. The van der Waals surface area contributed by atoms with Gasteiger partial charge in [0.1, 0.15) is 15.8 Å². The Hall–Kier alpha value is -2.67. The molecule has 26 heavy (non-hydrogen) atoms. The molecule has 0 fully saturated rings. The highest BCUT2D eigenvalue weighted by Crippen LogP contribution is 2.35. The first-order chi connectivity index (χ1) is 12.4. The van der Waals surface area contributed by atoms with Crippen LogP contribution in [0.2, 0.25) is 0 Å². The van der Waals surface area contributed by atoms with Gasteiger partial charge in [0.2, 0.25) is 0 Å². The highest BCUT2D eigenvalue weighted by molar-refractivity contribution is 7.18. The van der Waals surface area contributed by atoms with Crippen LogP contribution in [0.5, 0.6) is 5.75 Å². The minimum atomic E-state index is -4.34. The Morgan fingerprint density at radius 3 is 2.50 bits per heavy atom. The molecule has 3 nitrogen and oxygen atoms in total. The Balaban J connectivity index is 1.83. The van der Waals surface area contributed by atoms with E-state index in [-0.39, 0.29) is 0 Å². The fourth-order valence-corrected chi connectivity index (χ4v) is 3.21. The summed E-state index contributed by atoms with van der Waals surface area (Å²) in [5.74, 6) is 0.736. The third-order valence-corrected chi connectivity index (χ3v) is 4.77. The van der Waals surface area contributed by atoms with Crippen molar-refractivity contribution in [2.45, 2.75) is 13.1 Å². The van der Waals surface area contributed by atoms with E-state index in [9.17, 15) is 13.2 Å². The lowest BCUT2D eigenvalue weighted by Gasteiger charge is -2.06. The maximum Gasteiger partial charge on any atom is 0.416 e. The number of hydrogen-bond donors (Lipinski definition) is 0. The zero-order valence-corrected chi connectivity index (χ0v) is 14.9. The van der Waals surface area contributed by atoms with E-state index in [1.54, 1.807) is 13.3 Å². The molecule has 7 heteroatoms. The Labute approximate surface area is 152 Å². The van der Waals surface area contributed by atoms with Gasteiger partial charge in [0.05, 0.1) is 18.4 Å². The largest absolute Gasteiger partial charge is 0.497 e. The molecular weight excluding hydrogens is 361 g/mol. The van der Waals surface area contributed by atoms with E-state index in [1.165, 1.54) is 23.5 Å². The molecule has 134 valence electrons. The van der Waals surface area contributed by atoms with Crippen molar-refractivity contribution in [3.05, 3.63) is 65.4 Å². The van der Waals surface area contributed by atoms with E-state index >= 15 is 0 Å². The number of thiazole rings is 1. The van der Waals surface area contributed by atoms with Crippen molar-refractivity contribution in [2.75, 3.05) is 7.11 Å². The van der Waals surface area contributed by atoms with Gasteiger partial charge in [-0.3, -0.25) is 0 Å². The number of rotatable bonds is 4. The molecular formula is C19H15F3N2OS. The summed E-state index contributed by atoms with van der Waals surface area (Å²) in [5, 5.41) is 1.34. The molecule has 0 aliphatic rings. The van der Waals surface area contributed by atoms with Gasteiger partial charge in [-0.2, -0.15) is 13.2 Å². The first kappa shape index (κ1) is 18.1. The third-order valence-electron chi connectivity index (χ3n) is 3.66.